The molecule has 1 aromatic rings. The first-order valence-electron chi connectivity index (χ1n) is 7.65. The van der Waals surface area contributed by atoms with E-state index in [1.54, 1.807) is 10.9 Å². The van der Waals surface area contributed by atoms with Crippen molar-refractivity contribution < 1.29 is 9.53 Å². The summed E-state index contributed by atoms with van der Waals surface area (Å²) < 4.78 is 7.61. The molecule has 116 valence electrons. The summed E-state index contributed by atoms with van der Waals surface area (Å²) in [5.41, 5.74) is 6.00. The Kier molecular flexibility index (Phi) is 3.33. The van der Waals surface area contributed by atoms with Crippen LogP contribution >= 0.6 is 0 Å². The number of aromatic nitrogens is 2. The van der Waals surface area contributed by atoms with Crippen molar-refractivity contribution in [2.24, 2.45) is 17.1 Å². The molecule has 1 aromatic heterocycles. The second kappa shape index (κ2) is 4.81. The highest BCUT2D eigenvalue weighted by molar-refractivity contribution is 6.00. The smallest absolute Gasteiger partial charge is 0.245 e. The average Bonchev–Trinajstić information content (AvgIpc) is 2.93. The normalized spacial score (nSPS) is 33.9. The van der Waals surface area contributed by atoms with Gasteiger partial charge in [-0.15, -0.1) is 0 Å². The number of aryl methyl sites for hydroxylation is 1. The number of hydrogen-bond donors (Lipinski definition) is 2. The summed E-state index contributed by atoms with van der Waals surface area (Å²) in [6.07, 6.45) is 5.48. The number of fused-ring (bicyclic) bond motifs is 1. The maximum absolute atomic E-state index is 12.8. The molecule has 1 amide bonds. The van der Waals surface area contributed by atoms with E-state index in [2.05, 4.69) is 10.4 Å². The van der Waals surface area contributed by atoms with Gasteiger partial charge in [0.25, 0.3) is 0 Å². The summed E-state index contributed by atoms with van der Waals surface area (Å²) in [4.78, 5) is 12.8. The summed E-state index contributed by atoms with van der Waals surface area (Å²) in [5.74, 6) is -0.0302. The van der Waals surface area contributed by atoms with Gasteiger partial charge < -0.3 is 15.8 Å². The molecular weight excluding hydrogens is 268 g/mol. The number of carbonyl (C=O) groups excluding carboxylic acids is 1. The molecule has 0 radical (unpaired) electrons. The molecule has 3 N–H and O–H groups in total. The molecule has 2 fully saturated rings. The molecule has 21 heavy (non-hydrogen) atoms. The van der Waals surface area contributed by atoms with Crippen molar-refractivity contribution in [2.45, 2.75) is 51.8 Å². The van der Waals surface area contributed by atoms with Crippen LogP contribution in [-0.4, -0.2) is 33.9 Å². The topological polar surface area (TPSA) is 82.2 Å². The molecule has 1 aliphatic carbocycles. The number of nitrogens with one attached hydrogen (secondary N) is 1. The quantitative estimate of drug-likeness (QED) is 0.881. The van der Waals surface area contributed by atoms with E-state index in [1.807, 2.05) is 27.0 Å². The summed E-state index contributed by atoms with van der Waals surface area (Å²) >= 11 is 0. The van der Waals surface area contributed by atoms with E-state index in [0.717, 1.165) is 26.0 Å². The van der Waals surface area contributed by atoms with Crippen LogP contribution in [0.1, 0.15) is 33.6 Å². The van der Waals surface area contributed by atoms with Crippen LogP contribution in [0.25, 0.3) is 0 Å². The standard InChI is InChI=1S/C15H24N4O2/c1-4-19-9-10(8-17-19)18-13(20)15(16)11-6-5-7-21-12(11)14(15,2)3/h8-9,11-12H,4-7,16H2,1-3H3,(H,18,20). The lowest BCUT2D eigenvalue weighted by Crippen LogP contribution is -2.81. The van der Waals surface area contributed by atoms with Crippen molar-refractivity contribution in [3.63, 3.8) is 0 Å². The number of hydrogen-bond acceptors (Lipinski definition) is 4. The molecule has 6 nitrogen and oxygen atoms in total. The molecule has 6 heteroatoms. The molecule has 0 spiro atoms. The number of ether oxygens (including phenoxy) is 1. The van der Waals surface area contributed by atoms with E-state index in [4.69, 9.17) is 10.5 Å². The highest BCUT2D eigenvalue weighted by atomic mass is 16.5. The molecule has 3 unspecified atom stereocenters. The Morgan fingerprint density at radius 3 is 3.05 bits per heavy atom. The van der Waals surface area contributed by atoms with Crippen LogP contribution in [0.5, 0.6) is 0 Å². The number of rotatable bonds is 3. The Bertz CT molecular complexity index is 554. The number of carbonyl (C=O) groups is 1. The van der Waals surface area contributed by atoms with Gasteiger partial charge in [-0.1, -0.05) is 13.8 Å². The van der Waals surface area contributed by atoms with Crippen molar-refractivity contribution in [2.75, 3.05) is 11.9 Å². The van der Waals surface area contributed by atoms with E-state index in [9.17, 15) is 4.79 Å². The fourth-order valence-corrected chi connectivity index (χ4v) is 3.87. The molecular formula is C15H24N4O2. The van der Waals surface area contributed by atoms with Gasteiger partial charge in [0.05, 0.1) is 18.0 Å². The Balaban J connectivity index is 1.79. The van der Waals surface area contributed by atoms with Crippen LogP contribution in [-0.2, 0) is 16.1 Å². The third kappa shape index (κ3) is 1.92. The minimum Gasteiger partial charge on any atom is -0.377 e. The van der Waals surface area contributed by atoms with Crippen LogP contribution in [0.3, 0.4) is 0 Å². The highest BCUT2D eigenvalue weighted by Gasteiger charge is 2.70. The van der Waals surface area contributed by atoms with E-state index < -0.39 is 5.54 Å². The number of nitrogens with zero attached hydrogens (tertiary/aromatic N) is 2. The Morgan fingerprint density at radius 1 is 1.62 bits per heavy atom. The first-order chi connectivity index (χ1) is 9.91. The number of anilines is 1. The molecule has 1 saturated heterocycles. The summed E-state index contributed by atoms with van der Waals surface area (Å²) in [7, 11) is 0. The fraction of sp³-hybridized carbons (Fsp3) is 0.733. The lowest BCUT2D eigenvalue weighted by molar-refractivity contribution is -0.222. The lowest BCUT2D eigenvalue weighted by Gasteiger charge is -2.65. The van der Waals surface area contributed by atoms with Crippen LogP contribution in [0.15, 0.2) is 12.4 Å². The summed E-state index contributed by atoms with van der Waals surface area (Å²) in [6, 6.07) is 0. The molecule has 1 aliphatic heterocycles. The zero-order chi connectivity index (χ0) is 15.3. The predicted molar refractivity (Wildman–Crippen MR) is 79.7 cm³/mol. The monoisotopic (exact) mass is 292 g/mol. The van der Waals surface area contributed by atoms with Gasteiger partial charge in [-0.25, -0.2) is 0 Å². The maximum Gasteiger partial charge on any atom is 0.245 e. The zero-order valence-electron chi connectivity index (χ0n) is 12.9. The predicted octanol–water partition coefficient (Wildman–Crippen LogP) is 1.37. The number of nitrogens with two attached hydrogens (primary N) is 1. The van der Waals surface area contributed by atoms with E-state index in [1.165, 1.54) is 0 Å². The minimum atomic E-state index is -0.883. The first kappa shape index (κ1) is 14.5. The molecule has 0 aromatic carbocycles. The SMILES string of the molecule is CCn1cc(NC(=O)C2(N)C3CCCOC3C2(C)C)cn1. The minimum absolute atomic E-state index is 0.0837. The van der Waals surface area contributed by atoms with Crippen LogP contribution < -0.4 is 11.1 Å². The molecule has 2 heterocycles. The van der Waals surface area contributed by atoms with Gasteiger partial charge in [-0.2, -0.15) is 5.10 Å². The van der Waals surface area contributed by atoms with E-state index in [-0.39, 0.29) is 23.3 Å². The van der Waals surface area contributed by atoms with Crippen molar-refractivity contribution in [3.8, 4) is 0 Å². The van der Waals surface area contributed by atoms with Gasteiger partial charge >= 0.3 is 0 Å². The molecule has 3 atom stereocenters. The third-order valence-electron chi connectivity index (χ3n) is 5.28. The van der Waals surface area contributed by atoms with Crippen molar-refractivity contribution >= 4 is 11.6 Å². The van der Waals surface area contributed by atoms with E-state index >= 15 is 0 Å². The average molecular weight is 292 g/mol. The second-order valence-corrected chi connectivity index (χ2v) is 6.67. The van der Waals surface area contributed by atoms with Gasteiger partial charge in [-0.3, -0.25) is 9.48 Å². The Morgan fingerprint density at radius 2 is 2.38 bits per heavy atom. The molecule has 3 rings (SSSR count). The van der Waals surface area contributed by atoms with Crippen molar-refractivity contribution in [1.29, 1.82) is 0 Å². The summed E-state index contributed by atoms with van der Waals surface area (Å²) in [6.45, 7) is 7.59. The maximum atomic E-state index is 12.8. The van der Waals surface area contributed by atoms with Gasteiger partial charge in [-0.05, 0) is 19.8 Å². The van der Waals surface area contributed by atoms with Crippen LogP contribution in [0.2, 0.25) is 0 Å². The first-order valence-corrected chi connectivity index (χ1v) is 7.65. The van der Waals surface area contributed by atoms with Gasteiger partial charge in [0, 0.05) is 30.7 Å². The molecule has 0 bridgehead atoms. The molecule has 2 aliphatic rings. The largest absolute Gasteiger partial charge is 0.377 e. The second-order valence-electron chi connectivity index (χ2n) is 6.67. The fourth-order valence-electron chi connectivity index (χ4n) is 3.87. The van der Waals surface area contributed by atoms with Gasteiger partial charge in [0.2, 0.25) is 5.91 Å². The Labute approximate surface area is 125 Å². The number of amides is 1. The van der Waals surface area contributed by atoms with Gasteiger partial charge in [0.1, 0.15) is 5.54 Å². The van der Waals surface area contributed by atoms with Crippen molar-refractivity contribution in [3.05, 3.63) is 12.4 Å². The molecule has 1 saturated carbocycles. The summed E-state index contributed by atoms with van der Waals surface area (Å²) in [5, 5.41) is 7.09. The van der Waals surface area contributed by atoms with Gasteiger partial charge in [0.15, 0.2) is 0 Å². The Hall–Kier alpha value is -1.40. The lowest BCUT2D eigenvalue weighted by atomic mass is 9.46. The van der Waals surface area contributed by atoms with Crippen molar-refractivity contribution in [1.82, 2.24) is 9.78 Å². The van der Waals surface area contributed by atoms with E-state index in [0.29, 0.717) is 5.69 Å². The highest BCUT2D eigenvalue weighted by Crippen LogP contribution is 2.57. The third-order valence-corrected chi connectivity index (χ3v) is 5.28. The van der Waals surface area contributed by atoms with Crippen LogP contribution in [0, 0.1) is 11.3 Å². The zero-order valence-corrected chi connectivity index (χ0v) is 12.9. The van der Waals surface area contributed by atoms with Crippen LogP contribution in [0.4, 0.5) is 5.69 Å².